The minimum atomic E-state index is -0.321. The minimum Gasteiger partial charge on any atom is -0.333 e. The number of nitrogens with zero attached hydrogens (tertiary/aromatic N) is 2. The summed E-state index contributed by atoms with van der Waals surface area (Å²) in [6.07, 6.45) is 4.76. The summed E-state index contributed by atoms with van der Waals surface area (Å²) in [5.74, 6) is -0.0941. The van der Waals surface area contributed by atoms with Crippen LogP contribution in [0.4, 0.5) is 4.79 Å². The highest BCUT2D eigenvalue weighted by molar-refractivity contribution is 5.95. The van der Waals surface area contributed by atoms with E-state index in [0.717, 1.165) is 6.54 Å². The Labute approximate surface area is 150 Å². The normalized spacial score (nSPS) is 19.6. The number of carbonyl (C=O) groups excluding carboxylic acids is 3. The Morgan fingerprint density at radius 2 is 1.96 bits per heavy atom. The molecule has 7 heteroatoms. The van der Waals surface area contributed by atoms with Gasteiger partial charge in [0.2, 0.25) is 11.8 Å². The van der Waals surface area contributed by atoms with Gasteiger partial charge in [-0.05, 0) is 26.3 Å². The van der Waals surface area contributed by atoms with Gasteiger partial charge >= 0.3 is 6.03 Å². The predicted molar refractivity (Wildman–Crippen MR) is 97.7 cm³/mol. The second-order valence-electron chi connectivity index (χ2n) is 6.10. The van der Waals surface area contributed by atoms with Gasteiger partial charge in [0.05, 0.1) is 5.92 Å². The van der Waals surface area contributed by atoms with E-state index in [1.165, 1.54) is 11.1 Å². The van der Waals surface area contributed by atoms with E-state index < -0.39 is 0 Å². The highest BCUT2D eigenvalue weighted by atomic mass is 16.2. The van der Waals surface area contributed by atoms with E-state index >= 15 is 0 Å². The summed E-state index contributed by atoms with van der Waals surface area (Å²) >= 11 is 0. The zero-order valence-corrected chi connectivity index (χ0v) is 15.5. The molecule has 2 N–H and O–H groups in total. The van der Waals surface area contributed by atoms with Crippen molar-refractivity contribution in [3.8, 4) is 0 Å². The third-order valence-electron chi connectivity index (χ3n) is 4.34. The summed E-state index contributed by atoms with van der Waals surface area (Å²) in [4.78, 5) is 39.4. The summed E-state index contributed by atoms with van der Waals surface area (Å²) in [6, 6.07) is -0.321. The van der Waals surface area contributed by atoms with Crippen molar-refractivity contribution in [2.24, 2.45) is 11.8 Å². The van der Waals surface area contributed by atoms with Gasteiger partial charge in [-0.1, -0.05) is 19.1 Å². The van der Waals surface area contributed by atoms with E-state index in [1.807, 2.05) is 13.8 Å². The highest BCUT2D eigenvalue weighted by Gasteiger charge is 2.28. The SMILES string of the molecule is C=CCN(CC)C(=O)N(CC)C(=O)C/C=C/NC(=O)[C@@H]1CNCC1C. The lowest BCUT2D eigenvalue weighted by atomic mass is 9.97. The first-order valence-corrected chi connectivity index (χ1v) is 8.82. The second-order valence-corrected chi connectivity index (χ2v) is 6.10. The lowest BCUT2D eigenvalue weighted by Crippen LogP contribution is -2.46. The third-order valence-corrected chi connectivity index (χ3v) is 4.34. The Bertz CT molecular complexity index is 518. The van der Waals surface area contributed by atoms with Crippen LogP contribution >= 0.6 is 0 Å². The van der Waals surface area contributed by atoms with Gasteiger partial charge < -0.3 is 15.5 Å². The average Bonchev–Trinajstić information content (AvgIpc) is 3.03. The number of urea groups is 1. The van der Waals surface area contributed by atoms with Crippen molar-refractivity contribution in [1.82, 2.24) is 20.4 Å². The van der Waals surface area contributed by atoms with E-state index in [-0.39, 0.29) is 30.2 Å². The first-order valence-electron chi connectivity index (χ1n) is 8.82. The number of likely N-dealkylation sites (N-methyl/N-ethyl adjacent to an activating group) is 1. The molecule has 1 aliphatic rings. The van der Waals surface area contributed by atoms with Gasteiger partial charge in [-0.3, -0.25) is 14.5 Å². The molecule has 0 aliphatic carbocycles. The summed E-state index contributed by atoms with van der Waals surface area (Å²) < 4.78 is 0. The molecule has 0 aromatic heterocycles. The van der Waals surface area contributed by atoms with Crippen molar-refractivity contribution < 1.29 is 14.4 Å². The summed E-state index contributed by atoms with van der Waals surface area (Å²) in [5, 5.41) is 5.89. The van der Waals surface area contributed by atoms with Crippen LogP contribution in [0.2, 0.25) is 0 Å². The molecule has 0 aromatic rings. The average molecular weight is 350 g/mol. The van der Waals surface area contributed by atoms with E-state index in [2.05, 4.69) is 17.2 Å². The summed E-state index contributed by atoms with van der Waals surface area (Å²) in [7, 11) is 0. The maximum Gasteiger partial charge on any atom is 0.326 e. The van der Waals surface area contributed by atoms with Gasteiger partial charge in [0.15, 0.2) is 0 Å². The van der Waals surface area contributed by atoms with E-state index in [9.17, 15) is 14.4 Å². The third kappa shape index (κ3) is 6.01. The Morgan fingerprint density at radius 3 is 2.48 bits per heavy atom. The number of nitrogens with one attached hydrogen (secondary N) is 2. The molecule has 0 radical (unpaired) electrons. The molecule has 1 saturated heterocycles. The van der Waals surface area contributed by atoms with Gasteiger partial charge in [0.1, 0.15) is 0 Å². The molecule has 1 unspecified atom stereocenters. The highest BCUT2D eigenvalue weighted by Crippen LogP contribution is 2.15. The smallest absolute Gasteiger partial charge is 0.326 e. The monoisotopic (exact) mass is 350 g/mol. The first kappa shape index (κ1) is 20.9. The van der Waals surface area contributed by atoms with Crippen molar-refractivity contribution in [3.63, 3.8) is 0 Å². The fourth-order valence-electron chi connectivity index (χ4n) is 2.77. The Morgan fingerprint density at radius 1 is 1.24 bits per heavy atom. The van der Waals surface area contributed by atoms with Crippen LogP contribution < -0.4 is 10.6 Å². The largest absolute Gasteiger partial charge is 0.333 e. The molecule has 25 heavy (non-hydrogen) atoms. The minimum absolute atomic E-state index is 0.0484. The van der Waals surface area contributed by atoms with Gasteiger partial charge in [-0.15, -0.1) is 6.58 Å². The van der Waals surface area contributed by atoms with Crippen LogP contribution in [0, 0.1) is 11.8 Å². The van der Waals surface area contributed by atoms with Gasteiger partial charge in [0, 0.05) is 38.8 Å². The molecule has 2 atom stereocenters. The maximum atomic E-state index is 12.4. The Balaban J connectivity index is 2.51. The van der Waals surface area contributed by atoms with Crippen molar-refractivity contribution in [2.75, 3.05) is 32.7 Å². The first-order chi connectivity index (χ1) is 12.0. The topological polar surface area (TPSA) is 81.8 Å². The van der Waals surface area contributed by atoms with Gasteiger partial charge in [-0.25, -0.2) is 4.79 Å². The summed E-state index contributed by atoms with van der Waals surface area (Å²) in [6.45, 7) is 12.0. The van der Waals surface area contributed by atoms with Crippen molar-refractivity contribution >= 4 is 17.8 Å². The standard InChI is InChI=1S/C18H30N4O3/c1-5-11-21(6-2)18(25)22(7-3)16(23)9-8-10-20-17(24)15-13-19-12-14(15)4/h5,8,10,14-15,19H,1,6-7,9,11-13H2,2-4H3,(H,20,24)/b10-8+/t14?,15-/m1/s1. The van der Waals surface area contributed by atoms with Gasteiger partial charge in [0.25, 0.3) is 0 Å². The lowest BCUT2D eigenvalue weighted by molar-refractivity contribution is -0.128. The van der Waals surface area contributed by atoms with Crippen LogP contribution in [0.3, 0.4) is 0 Å². The predicted octanol–water partition coefficient (Wildman–Crippen LogP) is 1.34. The molecule has 7 nitrogen and oxygen atoms in total. The number of amides is 4. The zero-order valence-electron chi connectivity index (χ0n) is 15.5. The van der Waals surface area contributed by atoms with E-state index in [0.29, 0.717) is 32.1 Å². The lowest BCUT2D eigenvalue weighted by Gasteiger charge is -2.26. The molecular formula is C18H30N4O3. The van der Waals surface area contributed by atoms with E-state index in [4.69, 9.17) is 0 Å². The fourth-order valence-corrected chi connectivity index (χ4v) is 2.77. The molecule has 1 aliphatic heterocycles. The van der Waals surface area contributed by atoms with Crippen LogP contribution in [0.1, 0.15) is 27.2 Å². The van der Waals surface area contributed by atoms with Crippen molar-refractivity contribution in [1.29, 1.82) is 0 Å². The number of imide groups is 1. The molecule has 1 rings (SSSR count). The number of hydrogen-bond acceptors (Lipinski definition) is 4. The van der Waals surface area contributed by atoms with Crippen LogP contribution in [0.25, 0.3) is 0 Å². The van der Waals surface area contributed by atoms with Crippen LogP contribution in [0.5, 0.6) is 0 Å². The molecule has 140 valence electrons. The van der Waals surface area contributed by atoms with Crippen molar-refractivity contribution in [3.05, 3.63) is 24.9 Å². The second kappa shape index (κ2) is 10.7. The number of carbonyl (C=O) groups is 3. The summed E-state index contributed by atoms with van der Waals surface area (Å²) in [5.41, 5.74) is 0. The quantitative estimate of drug-likeness (QED) is 0.647. The van der Waals surface area contributed by atoms with E-state index in [1.54, 1.807) is 24.0 Å². The molecule has 0 aromatic carbocycles. The van der Waals surface area contributed by atoms with Gasteiger partial charge in [-0.2, -0.15) is 0 Å². The molecule has 1 heterocycles. The molecule has 0 spiro atoms. The van der Waals surface area contributed by atoms with Crippen LogP contribution in [-0.2, 0) is 9.59 Å². The fraction of sp³-hybridized carbons (Fsp3) is 0.611. The Kier molecular flexibility index (Phi) is 8.91. The molecular weight excluding hydrogens is 320 g/mol. The van der Waals surface area contributed by atoms with Crippen molar-refractivity contribution in [2.45, 2.75) is 27.2 Å². The zero-order chi connectivity index (χ0) is 18.8. The molecule has 4 amide bonds. The Hall–Kier alpha value is -2.15. The number of hydrogen-bond donors (Lipinski definition) is 2. The molecule has 0 saturated carbocycles. The number of rotatable bonds is 8. The molecule has 1 fully saturated rings. The van der Waals surface area contributed by atoms with Crippen LogP contribution in [-0.4, -0.2) is 60.4 Å². The van der Waals surface area contributed by atoms with Crippen LogP contribution in [0.15, 0.2) is 24.9 Å². The molecule has 0 bridgehead atoms. The maximum absolute atomic E-state index is 12.4.